The minimum atomic E-state index is -0.555. The number of ether oxygens (including phenoxy) is 1. The predicted molar refractivity (Wildman–Crippen MR) is 112 cm³/mol. The van der Waals surface area contributed by atoms with Gasteiger partial charge in [0.25, 0.3) is 11.8 Å². The Bertz CT molecular complexity index is 803. The van der Waals surface area contributed by atoms with E-state index in [1.54, 1.807) is 24.3 Å². The molecule has 6 nitrogen and oxygen atoms in total. The number of likely N-dealkylation sites (N-methyl/N-ethyl adjacent to an activating group) is 1. The summed E-state index contributed by atoms with van der Waals surface area (Å²) in [5.74, 6) is 0.366. The minimum absolute atomic E-state index is 0. The van der Waals surface area contributed by atoms with Gasteiger partial charge < -0.3 is 20.7 Å². The van der Waals surface area contributed by atoms with Crippen molar-refractivity contribution in [3.05, 3.63) is 59.7 Å². The molecule has 0 aliphatic carbocycles. The van der Waals surface area contributed by atoms with Gasteiger partial charge in [0.15, 0.2) is 6.10 Å². The zero-order valence-corrected chi connectivity index (χ0v) is 16.8. The quantitative estimate of drug-likeness (QED) is 0.664. The Morgan fingerprint density at radius 1 is 1.18 bits per heavy atom. The van der Waals surface area contributed by atoms with Gasteiger partial charge in [-0.25, -0.2) is 0 Å². The lowest BCUT2D eigenvalue weighted by molar-refractivity contribution is -0.122. The van der Waals surface area contributed by atoms with Crippen LogP contribution in [0.3, 0.4) is 0 Å². The fourth-order valence-corrected chi connectivity index (χ4v) is 3.06. The Kier molecular flexibility index (Phi) is 7.84. The van der Waals surface area contributed by atoms with Crippen molar-refractivity contribution < 1.29 is 14.3 Å². The maximum atomic E-state index is 12.5. The van der Waals surface area contributed by atoms with Crippen LogP contribution in [0.5, 0.6) is 5.75 Å². The molecular formula is C21H26ClN3O3. The molecule has 1 unspecified atom stereocenters. The molecule has 2 atom stereocenters. The Hall–Kier alpha value is -2.57. The first-order chi connectivity index (χ1) is 13.1. The number of nitrogens with one attached hydrogen (secondary N) is 3. The van der Waals surface area contributed by atoms with Crippen LogP contribution in [0.4, 0.5) is 5.69 Å². The number of hydrogen-bond acceptors (Lipinski definition) is 4. The molecule has 0 radical (unpaired) electrons. The normalized spacial score (nSPS) is 15.6. The van der Waals surface area contributed by atoms with Crippen LogP contribution in [0.25, 0.3) is 0 Å². The first kappa shape index (κ1) is 21.7. The number of carbonyl (C=O) groups excluding carboxylic acids is 2. The highest BCUT2D eigenvalue weighted by Crippen LogP contribution is 2.28. The molecule has 1 aliphatic heterocycles. The maximum absolute atomic E-state index is 12.5. The van der Waals surface area contributed by atoms with Crippen LogP contribution < -0.4 is 20.7 Å². The third kappa shape index (κ3) is 5.47. The fourth-order valence-electron chi connectivity index (χ4n) is 3.06. The van der Waals surface area contributed by atoms with E-state index in [2.05, 4.69) is 16.0 Å². The molecule has 0 bridgehead atoms. The third-order valence-electron chi connectivity index (χ3n) is 4.45. The Morgan fingerprint density at radius 2 is 1.96 bits per heavy atom. The summed E-state index contributed by atoms with van der Waals surface area (Å²) in [6, 6.07) is 14.8. The molecule has 0 fully saturated rings. The van der Waals surface area contributed by atoms with Gasteiger partial charge in [-0.1, -0.05) is 31.2 Å². The topological polar surface area (TPSA) is 79.5 Å². The van der Waals surface area contributed by atoms with Gasteiger partial charge >= 0.3 is 0 Å². The second-order valence-electron chi connectivity index (χ2n) is 6.66. The molecule has 3 rings (SSSR count). The highest BCUT2D eigenvalue weighted by Gasteiger charge is 2.28. The maximum Gasteiger partial charge on any atom is 0.265 e. The van der Waals surface area contributed by atoms with Crippen molar-refractivity contribution in [2.75, 3.05) is 18.4 Å². The van der Waals surface area contributed by atoms with E-state index in [0.29, 0.717) is 24.2 Å². The van der Waals surface area contributed by atoms with Crippen LogP contribution in [0.15, 0.2) is 48.5 Å². The Balaban J connectivity index is 0.00000280. The van der Waals surface area contributed by atoms with Gasteiger partial charge in [0, 0.05) is 30.3 Å². The molecule has 0 spiro atoms. The van der Waals surface area contributed by atoms with Crippen molar-refractivity contribution >= 4 is 29.9 Å². The monoisotopic (exact) mass is 403 g/mol. The van der Waals surface area contributed by atoms with Crippen LogP contribution in [0.2, 0.25) is 0 Å². The summed E-state index contributed by atoms with van der Waals surface area (Å²) < 4.78 is 5.71. The molecule has 1 aliphatic rings. The number of halogens is 1. The lowest BCUT2D eigenvalue weighted by Gasteiger charge is -2.14. The van der Waals surface area contributed by atoms with E-state index in [-0.39, 0.29) is 30.3 Å². The Labute approximate surface area is 171 Å². The summed E-state index contributed by atoms with van der Waals surface area (Å²) in [6.45, 7) is 5.43. The van der Waals surface area contributed by atoms with Crippen molar-refractivity contribution in [3.63, 3.8) is 0 Å². The molecule has 1 heterocycles. The number of carbonyl (C=O) groups is 2. The van der Waals surface area contributed by atoms with E-state index in [9.17, 15) is 9.59 Å². The summed E-state index contributed by atoms with van der Waals surface area (Å²) in [5, 5.41) is 8.98. The van der Waals surface area contributed by atoms with Gasteiger partial charge in [0.2, 0.25) is 0 Å². The third-order valence-corrected chi connectivity index (χ3v) is 4.45. The van der Waals surface area contributed by atoms with E-state index in [1.165, 1.54) is 0 Å². The molecule has 150 valence electrons. The molecule has 3 N–H and O–H groups in total. The summed E-state index contributed by atoms with van der Waals surface area (Å²) in [7, 11) is 0. The van der Waals surface area contributed by atoms with Gasteiger partial charge in [0.05, 0.1) is 0 Å². The van der Waals surface area contributed by atoms with E-state index < -0.39 is 6.10 Å². The Morgan fingerprint density at radius 3 is 2.71 bits per heavy atom. The van der Waals surface area contributed by atoms with E-state index >= 15 is 0 Å². The molecule has 2 aromatic carbocycles. The zero-order chi connectivity index (χ0) is 19.2. The number of hydrogen-bond donors (Lipinski definition) is 3. The van der Waals surface area contributed by atoms with Gasteiger partial charge in [-0.05, 0) is 43.3 Å². The molecule has 7 heteroatoms. The van der Waals surface area contributed by atoms with Crippen molar-refractivity contribution in [3.8, 4) is 5.75 Å². The van der Waals surface area contributed by atoms with Crippen LogP contribution >= 0.6 is 12.4 Å². The standard InChI is InChI=1S/C21H25N3O3.ClH/c1-3-22-14(2)13-23-20(25)16-8-6-9-17(11-16)24-21(26)19-12-15-7-4-5-10-18(15)27-19;/h4-11,14,19,22H,3,12-13H2,1-2H3,(H,23,25)(H,24,26);1H/t14-,19?;/m1./s1. The zero-order valence-electron chi connectivity index (χ0n) is 16.0. The van der Waals surface area contributed by atoms with Crippen LogP contribution in [0.1, 0.15) is 29.8 Å². The van der Waals surface area contributed by atoms with Gasteiger partial charge in [-0.2, -0.15) is 0 Å². The number of fused-ring (bicyclic) bond motifs is 1. The largest absolute Gasteiger partial charge is 0.480 e. The number of benzene rings is 2. The van der Waals surface area contributed by atoms with Crippen molar-refractivity contribution in [1.29, 1.82) is 0 Å². The lowest BCUT2D eigenvalue weighted by Crippen LogP contribution is -2.38. The first-order valence-electron chi connectivity index (χ1n) is 9.24. The summed E-state index contributed by atoms with van der Waals surface area (Å²) in [6.07, 6.45) is -0.00864. The fraction of sp³-hybridized carbons (Fsp3) is 0.333. The van der Waals surface area contributed by atoms with Crippen LogP contribution in [-0.4, -0.2) is 37.0 Å². The van der Waals surface area contributed by atoms with Gasteiger partial charge in [-0.3, -0.25) is 9.59 Å². The van der Waals surface area contributed by atoms with Gasteiger partial charge in [0.1, 0.15) is 5.75 Å². The van der Waals surface area contributed by atoms with Crippen LogP contribution in [0, 0.1) is 0 Å². The molecule has 2 amide bonds. The second-order valence-corrected chi connectivity index (χ2v) is 6.66. The highest BCUT2D eigenvalue weighted by molar-refractivity contribution is 5.98. The van der Waals surface area contributed by atoms with E-state index in [1.807, 2.05) is 38.1 Å². The SMILES string of the molecule is CCN[C@H](C)CNC(=O)c1cccc(NC(=O)C2Cc3ccccc3O2)c1.Cl. The van der Waals surface area contributed by atoms with Crippen molar-refractivity contribution in [1.82, 2.24) is 10.6 Å². The first-order valence-corrected chi connectivity index (χ1v) is 9.24. The molecule has 0 aromatic heterocycles. The molecule has 2 aromatic rings. The van der Waals surface area contributed by atoms with E-state index in [4.69, 9.17) is 4.74 Å². The predicted octanol–water partition coefficient (Wildman–Crippen LogP) is 2.78. The van der Waals surface area contributed by atoms with Crippen molar-refractivity contribution in [2.24, 2.45) is 0 Å². The average molecular weight is 404 g/mol. The van der Waals surface area contributed by atoms with Crippen molar-refractivity contribution in [2.45, 2.75) is 32.4 Å². The molecule has 28 heavy (non-hydrogen) atoms. The molecule has 0 saturated heterocycles. The van der Waals surface area contributed by atoms with E-state index in [0.717, 1.165) is 17.9 Å². The summed E-state index contributed by atoms with van der Waals surface area (Å²) >= 11 is 0. The minimum Gasteiger partial charge on any atom is -0.480 e. The number of amides is 2. The molecule has 0 saturated carbocycles. The summed E-state index contributed by atoms with van der Waals surface area (Å²) in [5.41, 5.74) is 2.11. The lowest BCUT2D eigenvalue weighted by atomic mass is 10.1. The van der Waals surface area contributed by atoms with Crippen LogP contribution in [-0.2, 0) is 11.2 Å². The number of anilines is 1. The highest BCUT2D eigenvalue weighted by atomic mass is 35.5. The van der Waals surface area contributed by atoms with Gasteiger partial charge in [-0.15, -0.1) is 12.4 Å². The number of para-hydroxylation sites is 1. The average Bonchev–Trinajstić information content (AvgIpc) is 3.11. The molecular weight excluding hydrogens is 378 g/mol. The second kappa shape index (κ2) is 10.1. The number of rotatable bonds is 7. The smallest absolute Gasteiger partial charge is 0.265 e. The summed E-state index contributed by atoms with van der Waals surface area (Å²) in [4.78, 5) is 24.8.